The van der Waals surface area contributed by atoms with Crippen LogP contribution in [-0.2, 0) is 4.74 Å². The maximum atomic E-state index is 11.7. The predicted octanol–water partition coefficient (Wildman–Crippen LogP) is 3.17. The van der Waals surface area contributed by atoms with Crippen molar-refractivity contribution < 1.29 is 9.53 Å². The van der Waals surface area contributed by atoms with E-state index in [0.29, 0.717) is 12.3 Å². The van der Waals surface area contributed by atoms with Crippen LogP contribution in [-0.4, -0.2) is 17.6 Å². The second-order valence-electron chi connectivity index (χ2n) is 3.83. The molecule has 3 heteroatoms. The van der Waals surface area contributed by atoms with Gasteiger partial charge in [-0.05, 0) is 31.0 Å². The van der Waals surface area contributed by atoms with Crippen molar-refractivity contribution >= 4 is 5.97 Å². The van der Waals surface area contributed by atoms with E-state index in [-0.39, 0.29) is 5.97 Å². The van der Waals surface area contributed by atoms with Crippen molar-refractivity contribution in [2.24, 2.45) is 0 Å². The zero-order chi connectivity index (χ0) is 12.3. The molecule has 0 bridgehead atoms. The first-order valence-electron chi connectivity index (χ1n) is 5.64. The van der Waals surface area contributed by atoms with Crippen LogP contribution in [0, 0.1) is 6.92 Å². The predicted molar refractivity (Wildman–Crippen MR) is 66.9 cm³/mol. The molecule has 1 aromatic carbocycles. The number of hydrogen-bond donors (Lipinski definition) is 1. The molecule has 2 rings (SSSR count). The summed E-state index contributed by atoms with van der Waals surface area (Å²) in [6.45, 7) is 4.08. The van der Waals surface area contributed by atoms with Crippen molar-refractivity contribution in [3.05, 3.63) is 47.7 Å². The Bertz CT molecular complexity index is 514. The number of esters is 1. The monoisotopic (exact) mass is 229 g/mol. The molecule has 0 aliphatic heterocycles. The highest BCUT2D eigenvalue weighted by Gasteiger charge is 2.14. The van der Waals surface area contributed by atoms with Crippen molar-refractivity contribution in [3.63, 3.8) is 0 Å². The van der Waals surface area contributed by atoms with Crippen LogP contribution in [0.5, 0.6) is 0 Å². The number of aryl methyl sites for hydroxylation is 1. The summed E-state index contributed by atoms with van der Waals surface area (Å²) in [6, 6.07) is 11.9. The number of aromatic nitrogens is 1. The first-order chi connectivity index (χ1) is 8.22. The number of ether oxygens (including phenoxy) is 1. The van der Waals surface area contributed by atoms with Crippen molar-refractivity contribution in [1.82, 2.24) is 4.98 Å². The lowest BCUT2D eigenvalue weighted by atomic mass is 10.1. The Hall–Kier alpha value is -2.03. The zero-order valence-corrected chi connectivity index (χ0v) is 9.99. The van der Waals surface area contributed by atoms with E-state index < -0.39 is 0 Å². The molecule has 2 aromatic rings. The molecule has 88 valence electrons. The van der Waals surface area contributed by atoms with Crippen LogP contribution < -0.4 is 0 Å². The molecular formula is C14H15NO2. The van der Waals surface area contributed by atoms with Gasteiger partial charge in [0.2, 0.25) is 0 Å². The quantitative estimate of drug-likeness (QED) is 0.821. The topological polar surface area (TPSA) is 42.1 Å². The molecule has 0 aliphatic carbocycles. The molecule has 1 aromatic heterocycles. The largest absolute Gasteiger partial charge is 0.461 e. The van der Waals surface area contributed by atoms with Gasteiger partial charge in [-0.1, -0.05) is 30.3 Å². The van der Waals surface area contributed by atoms with E-state index in [2.05, 4.69) is 4.98 Å². The fourth-order valence-electron chi connectivity index (χ4n) is 1.75. The summed E-state index contributed by atoms with van der Waals surface area (Å²) in [5.41, 5.74) is 3.44. The minimum absolute atomic E-state index is 0.299. The van der Waals surface area contributed by atoms with Gasteiger partial charge in [0.05, 0.1) is 6.61 Å². The Labute approximate surface area is 100 Å². The summed E-state index contributed by atoms with van der Waals surface area (Å²) in [4.78, 5) is 14.8. The van der Waals surface area contributed by atoms with Gasteiger partial charge in [-0.2, -0.15) is 0 Å². The van der Waals surface area contributed by atoms with Crippen LogP contribution in [0.2, 0.25) is 0 Å². The first-order valence-corrected chi connectivity index (χ1v) is 5.64. The summed E-state index contributed by atoms with van der Waals surface area (Å²) in [5, 5.41) is 0. The lowest BCUT2D eigenvalue weighted by Crippen LogP contribution is -2.06. The molecule has 3 nitrogen and oxygen atoms in total. The van der Waals surface area contributed by atoms with Gasteiger partial charge in [-0.15, -0.1) is 0 Å². The van der Waals surface area contributed by atoms with Crippen LogP contribution in [0.25, 0.3) is 11.3 Å². The maximum absolute atomic E-state index is 11.7. The van der Waals surface area contributed by atoms with Crippen LogP contribution in [0.4, 0.5) is 0 Å². The molecule has 1 heterocycles. The van der Waals surface area contributed by atoms with Crippen molar-refractivity contribution in [2.75, 3.05) is 6.61 Å². The van der Waals surface area contributed by atoms with Crippen molar-refractivity contribution in [2.45, 2.75) is 13.8 Å². The van der Waals surface area contributed by atoms with E-state index in [1.54, 1.807) is 6.92 Å². The average molecular weight is 229 g/mol. The third kappa shape index (κ3) is 2.38. The number of hydrogen-bond acceptors (Lipinski definition) is 2. The van der Waals surface area contributed by atoms with Crippen LogP contribution in [0.3, 0.4) is 0 Å². The maximum Gasteiger partial charge on any atom is 0.355 e. The van der Waals surface area contributed by atoms with E-state index in [0.717, 1.165) is 16.8 Å². The standard InChI is InChI=1S/C14H15NO2/c1-3-17-14(16)13-10(2)9-12(15-13)11-7-5-4-6-8-11/h4-9,15H,3H2,1-2H3. The van der Waals surface area contributed by atoms with Gasteiger partial charge in [0.25, 0.3) is 0 Å². The lowest BCUT2D eigenvalue weighted by Gasteiger charge is -2.00. The molecule has 0 saturated heterocycles. The van der Waals surface area contributed by atoms with E-state index in [4.69, 9.17) is 4.74 Å². The second-order valence-corrected chi connectivity index (χ2v) is 3.83. The van der Waals surface area contributed by atoms with Crippen LogP contribution >= 0.6 is 0 Å². The lowest BCUT2D eigenvalue weighted by molar-refractivity contribution is 0.0519. The van der Waals surface area contributed by atoms with E-state index >= 15 is 0 Å². The van der Waals surface area contributed by atoms with Gasteiger partial charge in [0, 0.05) is 5.69 Å². The fraction of sp³-hybridized carbons (Fsp3) is 0.214. The van der Waals surface area contributed by atoms with Gasteiger partial charge < -0.3 is 9.72 Å². The normalized spacial score (nSPS) is 10.2. The number of carbonyl (C=O) groups is 1. The average Bonchev–Trinajstić information content (AvgIpc) is 2.73. The Morgan fingerprint density at radius 1 is 1.29 bits per heavy atom. The molecule has 0 spiro atoms. The summed E-state index contributed by atoms with van der Waals surface area (Å²) >= 11 is 0. The smallest absolute Gasteiger partial charge is 0.355 e. The van der Waals surface area contributed by atoms with Gasteiger partial charge in [-0.3, -0.25) is 0 Å². The van der Waals surface area contributed by atoms with Crippen molar-refractivity contribution in [3.8, 4) is 11.3 Å². The Balaban J connectivity index is 2.34. The summed E-state index contributed by atoms with van der Waals surface area (Å²) in [6.07, 6.45) is 0. The summed E-state index contributed by atoms with van der Waals surface area (Å²) < 4.78 is 4.99. The zero-order valence-electron chi connectivity index (χ0n) is 9.99. The molecule has 17 heavy (non-hydrogen) atoms. The third-order valence-electron chi connectivity index (χ3n) is 2.58. The molecular weight excluding hydrogens is 214 g/mol. The number of rotatable bonds is 3. The summed E-state index contributed by atoms with van der Waals surface area (Å²) in [5.74, 6) is -0.299. The molecule has 0 radical (unpaired) electrons. The molecule has 0 saturated carbocycles. The minimum atomic E-state index is -0.299. The van der Waals surface area contributed by atoms with Crippen LogP contribution in [0.1, 0.15) is 23.0 Å². The van der Waals surface area contributed by atoms with Crippen molar-refractivity contribution in [1.29, 1.82) is 0 Å². The van der Waals surface area contributed by atoms with Gasteiger partial charge in [0.15, 0.2) is 0 Å². The molecule has 0 atom stereocenters. The summed E-state index contributed by atoms with van der Waals surface area (Å²) in [7, 11) is 0. The van der Waals surface area contributed by atoms with Gasteiger partial charge >= 0.3 is 5.97 Å². The molecule has 0 unspecified atom stereocenters. The third-order valence-corrected chi connectivity index (χ3v) is 2.58. The van der Waals surface area contributed by atoms with Gasteiger partial charge in [-0.25, -0.2) is 4.79 Å². The SMILES string of the molecule is CCOC(=O)c1[nH]c(-c2ccccc2)cc1C. The highest BCUT2D eigenvalue weighted by Crippen LogP contribution is 2.21. The first kappa shape index (κ1) is 11.5. The van der Waals surface area contributed by atoms with E-state index in [9.17, 15) is 4.79 Å². The molecule has 0 amide bonds. The Kier molecular flexibility index (Phi) is 3.28. The van der Waals surface area contributed by atoms with E-state index in [1.807, 2.05) is 43.3 Å². The Morgan fingerprint density at radius 3 is 2.65 bits per heavy atom. The highest BCUT2D eigenvalue weighted by molar-refractivity contribution is 5.90. The Morgan fingerprint density at radius 2 is 2.00 bits per heavy atom. The van der Waals surface area contributed by atoms with Crippen LogP contribution in [0.15, 0.2) is 36.4 Å². The number of carbonyl (C=O) groups excluding carboxylic acids is 1. The minimum Gasteiger partial charge on any atom is -0.461 e. The number of benzene rings is 1. The molecule has 1 N–H and O–H groups in total. The number of nitrogens with one attached hydrogen (secondary N) is 1. The molecule has 0 fully saturated rings. The number of H-pyrrole nitrogens is 1. The second kappa shape index (κ2) is 4.87. The van der Waals surface area contributed by atoms with E-state index in [1.165, 1.54) is 0 Å². The highest BCUT2D eigenvalue weighted by atomic mass is 16.5. The number of aromatic amines is 1. The fourth-order valence-corrected chi connectivity index (χ4v) is 1.75. The van der Waals surface area contributed by atoms with Gasteiger partial charge in [0.1, 0.15) is 5.69 Å². The molecule has 0 aliphatic rings.